The van der Waals surface area contributed by atoms with Crippen molar-refractivity contribution in [2.75, 3.05) is 6.54 Å². The Morgan fingerprint density at radius 1 is 1.26 bits per heavy atom. The van der Waals surface area contributed by atoms with Crippen molar-refractivity contribution in [3.63, 3.8) is 0 Å². The van der Waals surface area contributed by atoms with Crippen molar-refractivity contribution in [2.24, 2.45) is 0 Å². The van der Waals surface area contributed by atoms with Crippen LogP contribution in [0.3, 0.4) is 0 Å². The van der Waals surface area contributed by atoms with Crippen molar-refractivity contribution in [3.8, 4) is 16.9 Å². The number of thioether (sulfide) groups is 1. The van der Waals surface area contributed by atoms with Crippen LogP contribution in [0.2, 0.25) is 0 Å². The minimum atomic E-state index is -1.15. The Hall–Kier alpha value is -3.30. The zero-order valence-electron chi connectivity index (χ0n) is 16.3. The first-order chi connectivity index (χ1) is 14.8. The fourth-order valence-corrected chi connectivity index (χ4v) is 4.33. The van der Waals surface area contributed by atoms with Gasteiger partial charge in [-0.15, -0.1) is 0 Å². The van der Waals surface area contributed by atoms with Crippen molar-refractivity contribution in [1.29, 1.82) is 0 Å². The topological polar surface area (TPSA) is 75.4 Å². The van der Waals surface area contributed by atoms with E-state index in [1.807, 2.05) is 30.3 Å². The summed E-state index contributed by atoms with van der Waals surface area (Å²) in [6.45, 7) is 1.18. The van der Waals surface area contributed by atoms with Crippen molar-refractivity contribution in [3.05, 3.63) is 76.6 Å². The average Bonchev–Trinajstić information content (AvgIpc) is 3.27. The number of halogens is 1. The number of aryl methyl sites for hydroxylation is 1. The predicted octanol–water partition coefficient (Wildman–Crippen LogP) is 4.27. The Labute approximate surface area is 187 Å². The lowest BCUT2D eigenvalue weighted by Gasteiger charge is -2.10. The zero-order chi connectivity index (χ0) is 22.1. The number of carboxylic acid groups (broad SMARTS) is 1. The molecular weight excluding hydrogens is 437 g/mol. The lowest BCUT2D eigenvalue weighted by Crippen LogP contribution is -2.33. The predicted molar refractivity (Wildman–Crippen MR) is 121 cm³/mol. The number of aromatic nitrogens is 2. The highest BCUT2D eigenvalue weighted by Gasteiger charge is 2.33. The second kappa shape index (κ2) is 8.44. The van der Waals surface area contributed by atoms with Crippen LogP contribution < -0.4 is 0 Å². The fourth-order valence-electron chi connectivity index (χ4n) is 3.08. The lowest BCUT2D eigenvalue weighted by molar-refractivity contribution is -0.140. The molecule has 2 heterocycles. The SMILES string of the molecule is Cc1ccc(-c2nn(-c3ccccc3)cc2C=C2SC(=S)N(CC(=O)O)C2=O)cc1F. The zero-order valence-corrected chi connectivity index (χ0v) is 17.9. The molecule has 9 heteroatoms. The quantitative estimate of drug-likeness (QED) is 0.459. The van der Waals surface area contributed by atoms with Gasteiger partial charge in [0.15, 0.2) is 0 Å². The molecule has 156 valence electrons. The Morgan fingerprint density at radius 2 is 2.00 bits per heavy atom. The molecule has 4 rings (SSSR count). The summed E-state index contributed by atoms with van der Waals surface area (Å²) in [5, 5.41) is 13.6. The summed E-state index contributed by atoms with van der Waals surface area (Å²) in [6.07, 6.45) is 3.35. The van der Waals surface area contributed by atoms with Crippen LogP contribution >= 0.6 is 24.0 Å². The van der Waals surface area contributed by atoms with Gasteiger partial charge in [-0.25, -0.2) is 9.07 Å². The molecule has 2 aromatic carbocycles. The van der Waals surface area contributed by atoms with Gasteiger partial charge in [-0.2, -0.15) is 5.10 Å². The standard InChI is InChI=1S/C22H16FN3O3S2/c1-13-7-8-14(9-17(13)23)20-15(11-26(24-20)16-5-3-2-4-6-16)10-18-21(29)25(12-19(27)28)22(30)31-18/h2-11H,12H2,1H3,(H,27,28). The number of thiocarbonyl (C=S) groups is 1. The normalized spacial score (nSPS) is 15.2. The number of rotatable bonds is 5. The monoisotopic (exact) mass is 453 g/mol. The molecule has 1 aliphatic rings. The molecule has 0 atom stereocenters. The molecule has 1 aliphatic heterocycles. The average molecular weight is 454 g/mol. The first-order valence-electron chi connectivity index (χ1n) is 9.22. The van der Waals surface area contributed by atoms with Gasteiger partial charge in [-0.3, -0.25) is 14.5 Å². The summed E-state index contributed by atoms with van der Waals surface area (Å²) in [5.41, 5.74) is 2.95. The van der Waals surface area contributed by atoms with Gasteiger partial charge in [0.1, 0.15) is 22.4 Å². The molecule has 0 spiro atoms. The van der Waals surface area contributed by atoms with E-state index in [2.05, 4.69) is 5.10 Å². The maximum atomic E-state index is 14.2. The highest BCUT2D eigenvalue weighted by molar-refractivity contribution is 8.26. The first kappa shape index (κ1) is 21.0. The van der Waals surface area contributed by atoms with E-state index in [1.54, 1.807) is 36.0 Å². The number of carboxylic acids is 1. The lowest BCUT2D eigenvalue weighted by atomic mass is 10.1. The largest absolute Gasteiger partial charge is 0.480 e. The van der Waals surface area contributed by atoms with E-state index < -0.39 is 18.4 Å². The first-order valence-corrected chi connectivity index (χ1v) is 10.4. The fraction of sp³-hybridized carbons (Fsp3) is 0.0909. The number of carbonyl (C=O) groups excluding carboxylic acids is 1. The van der Waals surface area contributed by atoms with E-state index in [9.17, 15) is 14.0 Å². The van der Waals surface area contributed by atoms with Crippen LogP contribution in [-0.4, -0.2) is 42.5 Å². The van der Waals surface area contributed by atoms with Crippen molar-refractivity contribution < 1.29 is 19.1 Å². The number of carbonyl (C=O) groups is 2. The van der Waals surface area contributed by atoms with Crippen LogP contribution in [-0.2, 0) is 9.59 Å². The summed E-state index contributed by atoms with van der Waals surface area (Å²) < 4.78 is 16.1. The molecule has 0 saturated carbocycles. The Balaban J connectivity index is 1.81. The number of aliphatic carboxylic acids is 1. The molecule has 1 fully saturated rings. The number of hydrogen-bond acceptors (Lipinski definition) is 5. The summed E-state index contributed by atoms with van der Waals surface area (Å²) in [5.74, 6) is -1.98. The summed E-state index contributed by atoms with van der Waals surface area (Å²) in [4.78, 5) is 25.0. The molecule has 1 amide bonds. The van der Waals surface area contributed by atoms with Crippen LogP contribution in [0, 0.1) is 12.7 Å². The smallest absolute Gasteiger partial charge is 0.323 e. The van der Waals surface area contributed by atoms with E-state index in [4.69, 9.17) is 17.3 Å². The minimum Gasteiger partial charge on any atom is -0.480 e. The van der Waals surface area contributed by atoms with Gasteiger partial charge >= 0.3 is 5.97 Å². The maximum Gasteiger partial charge on any atom is 0.323 e. The van der Waals surface area contributed by atoms with E-state index in [0.29, 0.717) is 22.4 Å². The molecule has 0 radical (unpaired) electrons. The van der Waals surface area contributed by atoms with Gasteiger partial charge in [0.25, 0.3) is 5.91 Å². The summed E-state index contributed by atoms with van der Waals surface area (Å²) in [6, 6.07) is 14.2. The van der Waals surface area contributed by atoms with Crippen molar-refractivity contribution >= 4 is 46.3 Å². The molecular formula is C22H16FN3O3S2. The van der Waals surface area contributed by atoms with Gasteiger partial charge in [0.05, 0.1) is 10.6 Å². The van der Waals surface area contributed by atoms with Crippen LogP contribution in [0.15, 0.2) is 59.6 Å². The van der Waals surface area contributed by atoms with Crippen LogP contribution in [0.25, 0.3) is 23.0 Å². The molecule has 0 bridgehead atoms. The highest BCUT2D eigenvalue weighted by atomic mass is 32.2. The minimum absolute atomic E-state index is 0.178. The Bertz CT molecular complexity index is 1240. The Kier molecular flexibility index (Phi) is 5.71. The number of amides is 1. The number of para-hydroxylation sites is 1. The van der Waals surface area contributed by atoms with E-state index in [-0.39, 0.29) is 15.0 Å². The molecule has 0 aliphatic carbocycles. The van der Waals surface area contributed by atoms with Crippen LogP contribution in [0.4, 0.5) is 4.39 Å². The van der Waals surface area contributed by atoms with Crippen LogP contribution in [0.5, 0.6) is 0 Å². The number of nitrogens with zero attached hydrogens (tertiary/aromatic N) is 3. The maximum absolute atomic E-state index is 14.2. The van der Waals surface area contributed by atoms with Gasteiger partial charge in [-0.05, 0) is 36.8 Å². The molecule has 3 aromatic rings. The van der Waals surface area contributed by atoms with E-state index >= 15 is 0 Å². The van der Waals surface area contributed by atoms with E-state index in [1.165, 1.54) is 6.07 Å². The second-order valence-electron chi connectivity index (χ2n) is 6.84. The third-order valence-corrected chi connectivity index (χ3v) is 6.04. The third kappa shape index (κ3) is 4.28. The van der Waals surface area contributed by atoms with Gasteiger partial charge < -0.3 is 5.11 Å². The Morgan fingerprint density at radius 3 is 2.68 bits per heavy atom. The van der Waals surface area contributed by atoms with E-state index in [0.717, 1.165) is 22.3 Å². The van der Waals surface area contributed by atoms with Gasteiger partial charge in [0.2, 0.25) is 0 Å². The van der Waals surface area contributed by atoms with Gasteiger partial charge in [0, 0.05) is 17.3 Å². The number of benzene rings is 2. The second-order valence-corrected chi connectivity index (χ2v) is 8.51. The molecule has 1 saturated heterocycles. The molecule has 6 nitrogen and oxygen atoms in total. The van der Waals surface area contributed by atoms with Crippen LogP contribution in [0.1, 0.15) is 11.1 Å². The molecule has 0 unspecified atom stereocenters. The molecule has 31 heavy (non-hydrogen) atoms. The van der Waals surface area contributed by atoms with Crippen molar-refractivity contribution in [1.82, 2.24) is 14.7 Å². The van der Waals surface area contributed by atoms with Gasteiger partial charge in [-0.1, -0.05) is 54.3 Å². The number of hydrogen-bond donors (Lipinski definition) is 1. The molecule has 1 N–H and O–H groups in total. The van der Waals surface area contributed by atoms with Crippen molar-refractivity contribution in [2.45, 2.75) is 6.92 Å². The highest BCUT2D eigenvalue weighted by Crippen LogP contribution is 2.35. The third-order valence-electron chi connectivity index (χ3n) is 4.66. The summed E-state index contributed by atoms with van der Waals surface area (Å²) >= 11 is 6.19. The molecule has 1 aromatic heterocycles. The summed E-state index contributed by atoms with van der Waals surface area (Å²) in [7, 11) is 0.